The minimum Gasteiger partial charge on any atom is -0.258 e. The molecule has 0 aliphatic carbocycles. The number of nitrogens with one attached hydrogen (secondary N) is 1. The van der Waals surface area contributed by atoms with E-state index in [-0.39, 0.29) is 11.4 Å². The molecule has 7 heteroatoms. The number of hydrogen-bond acceptors (Lipinski definition) is 5. The zero-order chi connectivity index (χ0) is 15.5. The summed E-state index contributed by atoms with van der Waals surface area (Å²) in [6, 6.07) is 6.43. The van der Waals surface area contributed by atoms with Crippen molar-refractivity contribution in [1.82, 2.24) is 14.7 Å². The normalized spacial score (nSPS) is 11.1. The summed E-state index contributed by atoms with van der Waals surface area (Å²) in [4.78, 5) is 8.31. The highest BCUT2D eigenvalue weighted by atomic mass is 32.2. The summed E-state index contributed by atoms with van der Waals surface area (Å²) >= 11 is 0. The van der Waals surface area contributed by atoms with E-state index in [4.69, 9.17) is 5.26 Å². The molecule has 0 amide bonds. The van der Waals surface area contributed by atoms with Crippen molar-refractivity contribution in [3.63, 3.8) is 0 Å². The maximum absolute atomic E-state index is 12.3. The average Bonchev–Trinajstić information content (AvgIpc) is 2.46. The fourth-order valence-electron chi connectivity index (χ4n) is 1.78. The van der Waals surface area contributed by atoms with Crippen molar-refractivity contribution < 1.29 is 8.42 Å². The Labute approximate surface area is 123 Å². The Morgan fingerprint density at radius 2 is 2.00 bits per heavy atom. The van der Waals surface area contributed by atoms with E-state index >= 15 is 0 Å². The van der Waals surface area contributed by atoms with Gasteiger partial charge in [-0.05, 0) is 37.6 Å². The molecule has 0 saturated heterocycles. The number of hydrogen-bond donors (Lipinski definition) is 1. The number of sulfonamides is 1. The van der Waals surface area contributed by atoms with Crippen LogP contribution in [0.1, 0.15) is 22.5 Å². The smallest absolute Gasteiger partial charge is 0.241 e. The Morgan fingerprint density at radius 1 is 1.24 bits per heavy atom. The highest BCUT2D eigenvalue weighted by molar-refractivity contribution is 7.89. The molecule has 0 atom stereocenters. The second-order valence-corrected chi connectivity index (χ2v) is 6.30. The molecule has 0 saturated carbocycles. The largest absolute Gasteiger partial charge is 0.258 e. The lowest BCUT2D eigenvalue weighted by molar-refractivity contribution is 0.579. The predicted octanol–water partition coefficient (Wildman–Crippen LogP) is 1.44. The van der Waals surface area contributed by atoms with E-state index in [1.807, 2.05) is 6.07 Å². The van der Waals surface area contributed by atoms with Crippen molar-refractivity contribution in [3.8, 4) is 6.07 Å². The van der Waals surface area contributed by atoms with Crippen LogP contribution in [0.25, 0.3) is 0 Å². The van der Waals surface area contributed by atoms with Crippen LogP contribution in [-0.4, -0.2) is 18.4 Å². The van der Waals surface area contributed by atoms with Gasteiger partial charge in [0.25, 0.3) is 0 Å². The maximum Gasteiger partial charge on any atom is 0.241 e. The van der Waals surface area contributed by atoms with Crippen LogP contribution in [0.15, 0.2) is 35.5 Å². The summed E-state index contributed by atoms with van der Waals surface area (Å²) in [5, 5.41) is 8.80. The molecule has 21 heavy (non-hydrogen) atoms. The molecule has 2 aromatic rings. The van der Waals surface area contributed by atoms with E-state index in [9.17, 15) is 8.42 Å². The third-order valence-electron chi connectivity index (χ3n) is 2.87. The Bertz CT molecular complexity index is 793. The van der Waals surface area contributed by atoms with E-state index in [2.05, 4.69) is 14.7 Å². The molecular formula is C14H14N4O2S. The summed E-state index contributed by atoms with van der Waals surface area (Å²) in [5.74, 6) is 0. The lowest BCUT2D eigenvalue weighted by Crippen LogP contribution is -2.24. The van der Waals surface area contributed by atoms with Crippen molar-refractivity contribution in [2.45, 2.75) is 25.3 Å². The van der Waals surface area contributed by atoms with Crippen LogP contribution in [0, 0.1) is 25.2 Å². The quantitative estimate of drug-likeness (QED) is 0.922. The van der Waals surface area contributed by atoms with Gasteiger partial charge in [-0.1, -0.05) is 0 Å². The number of rotatable bonds is 4. The molecule has 1 aromatic carbocycles. The molecule has 6 nitrogen and oxygen atoms in total. The Hall–Kier alpha value is -2.30. The number of aromatic nitrogens is 2. The first-order valence-electron chi connectivity index (χ1n) is 6.20. The van der Waals surface area contributed by atoms with Gasteiger partial charge >= 0.3 is 0 Å². The van der Waals surface area contributed by atoms with Gasteiger partial charge in [-0.2, -0.15) is 5.26 Å². The molecule has 0 aliphatic heterocycles. The standard InChI is InChI=1S/C14H14N4O2S/c1-10-5-12(6-15)3-4-14(10)21(19,20)18-9-13-8-16-11(2)7-17-13/h3-5,7-8,18H,9H2,1-2H3. The molecule has 0 bridgehead atoms. The van der Waals surface area contributed by atoms with Crippen molar-refractivity contribution in [1.29, 1.82) is 5.26 Å². The molecule has 0 aliphatic rings. The molecule has 0 radical (unpaired) electrons. The fraction of sp³-hybridized carbons (Fsp3) is 0.214. The van der Waals surface area contributed by atoms with Crippen LogP contribution in [0.3, 0.4) is 0 Å². The number of nitriles is 1. The number of aryl methyl sites for hydroxylation is 2. The molecule has 0 spiro atoms. The van der Waals surface area contributed by atoms with Gasteiger partial charge in [0.2, 0.25) is 10.0 Å². The first-order chi connectivity index (χ1) is 9.92. The van der Waals surface area contributed by atoms with E-state index in [0.717, 1.165) is 5.69 Å². The van der Waals surface area contributed by atoms with Gasteiger partial charge in [-0.3, -0.25) is 9.97 Å². The maximum atomic E-state index is 12.3. The number of benzene rings is 1. The van der Waals surface area contributed by atoms with Gasteiger partial charge in [-0.15, -0.1) is 0 Å². The molecule has 1 aromatic heterocycles. The van der Waals surface area contributed by atoms with E-state index < -0.39 is 10.0 Å². The van der Waals surface area contributed by atoms with Crippen molar-refractivity contribution in [2.75, 3.05) is 0 Å². The van der Waals surface area contributed by atoms with Crippen LogP contribution >= 0.6 is 0 Å². The zero-order valence-corrected chi connectivity index (χ0v) is 12.5. The summed E-state index contributed by atoms with van der Waals surface area (Å²) in [6.45, 7) is 3.53. The van der Waals surface area contributed by atoms with Crippen molar-refractivity contribution in [2.24, 2.45) is 0 Å². The SMILES string of the molecule is Cc1cnc(CNS(=O)(=O)c2ccc(C#N)cc2C)cn1. The topological polar surface area (TPSA) is 95.7 Å². The van der Waals surface area contributed by atoms with E-state index in [1.165, 1.54) is 18.3 Å². The summed E-state index contributed by atoms with van der Waals surface area (Å²) in [5.41, 5.74) is 2.26. The van der Waals surface area contributed by atoms with E-state index in [1.54, 1.807) is 26.1 Å². The van der Waals surface area contributed by atoms with Gasteiger partial charge in [0, 0.05) is 6.20 Å². The Kier molecular flexibility index (Phi) is 4.31. The minimum atomic E-state index is -3.65. The van der Waals surface area contributed by atoms with Crippen LogP contribution in [0.2, 0.25) is 0 Å². The molecule has 1 heterocycles. The fourth-order valence-corrected chi connectivity index (χ4v) is 3.00. The molecule has 2 rings (SSSR count). The van der Waals surface area contributed by atoms with Crippen LogP contribution in [0.5, 0.6) is 0 Å². The third-order valence-corrected chi connectivity index (χ3v) is 4.43. The summed E-state index contributed by atoms with van der Waals surface area (Å²) < 4.78 is 27.0. The first-order valence-corrected chi connectivity index (χ1v) is 7.68. The first kappa shape index (κ1) is 15.1. The van der Waals surface area contributed by atoms with Gasteiger partial charge in [-0.25, -0.2) is 13.1 Å². The third kappa shape index (κ3) is 3.62. The molecular weight excluding hydrogens is 288 g/mol. The van der Waals surface area contributed by atoms with Crippen LogP contribution < -0.4 is 4.72 Å². The Morgan fingerprint density at radius 3 is 2.57 bits per heavy atom. The van der Waals surface area contributed by atoms with Crippen molar-refractivity contribution >= 4 is 10.0 Å². The molecule has 108 valence electrons. The van der Waals surface area contributed by atoms with Gasteiger partial charge < -0.3 is 0 Å². The van der Waals surface area contributed by atoms with Gasteiger partial charge in [0.15, 0.2) is 0 Å². The van der Waals surface area contributed by atoms with Gasteiger partial charge in [0.1, 0.15) is 0 Å². The Balaban J connectivity index is 2.19. The average molecular weight is 302 g/mol. The monoisotopic (exact) mass is 302 g/mol. The van der Waals surface area contributed by atoms with Gasteiger partial charge in [0.05, 0.1) is 40.7 Å². The number of nitrogens with zero attached hydrogens (tertiary/aromatic N) is 3. The van der Waals surface area contributed by atoms with Crippen molar-refractivity contribution in [3.05, 3.63) is 53.1 Å². The lowest BCUT2D eigenvalue weighted by atomic mass is 10.2. The molecule has 0 fully saturated rings. The summed E-state index contributed by atoms with van der Waals surface area (Å²) in [7, 11) is -3.65. The second-order valence-electron chi connectivity index (χ2n) is 4.57. The highest BCUT2D eigenvalue weighted by Crippen LogP contribution is 2.16. The van der Waals surface area contributed by atoms with E-state index in [0.29, 0.717) is 16.8 Å². The summed E-state index contributed by atoms with van der Waals surface area (Å²) in [6.07, 6.45) is 3.11. The minimum absolute atomic E-state index is 0.0645. The predicted molar refractivity (Wildman–Crippen MR) is 76.7 cm³/mol. The van der Waals surface area contributed by atoms with Crippen LogP contribution in [0.4, 0.5) is 0 Å². The van der Waals surface area contributed by atoms with Crippen LogP contribution in [-0.2, 0) is 16.6 Å². The molecule has 0 unspecified atom stereocenters. The zero-order valence-electron chi connectivity index (χ0n) is 11.7. The molecule has 1 N–H and O–H groups in total. The second kappa shape index (κ2) is 5.99. The highest BCUT2D eigenvalue weighted by Gasteiger charge is 2.17. The lowest BCUT2D eigenvalue weighted by Gasteiger charge is -2.09.